The van der Waals surface area contributed by atoms with Gasteiger partial charge in [-0.2, -0.15) is 0 Å². The first kappa shape index (κ1) is 17.4. The van der Waals surface area contributed by atoms with Crippen LogP contribution in [0.5, 0.6) is 0 Å². The number of nitrogens with zero attached hydrogens (tertiary/aromatic N) is 1. The number of ether oxygens (including phenoxy) is 1. The molecule has 1 atom stereocenters. The highest BCUT2D eigenvalue weighted by Crippen LogP contribution is 2.06. The fraction of sp³-hybridized carbons (Fsp3) is 0.467. The third-order valence-corrected chi connectivity index (χ3v) is 3.29. The molecule has 0 fully saturated rings. The molecular weight excluding hydrogens is 286 g/mol. The highest BCUT2D eigenvalue weighted by atomic mass is 32.1. The van der Waals surface area contributed by atoms with E-state index in [1.165, 1.54) is 0 Å². The molecule has 1 aromatic rings. The van der Waals surface area contributed by atoms with Crippen molar-refractivity contribution in [3.05, 3.63) is 35.9 Å². The molecule has 3 N–H and O–H groups in total. The van der Waals surface area contributed by atoms with E-state index in [4.69, 9.17) is 22.7 Å². The van der Waals surface area contributed by atoms with Crippen LogP contribution in [-0.4, -0.2) is 42.2 Å². The summed E-state index contributed by atoms with van der Waals surface area (Å²) in [6.07, 6.45) is 0.271. The molecule has 0 aliphatic heterocycles. The molecule has 0 heterocycles. The number of primary amides is 1. The zero-order chi connectivity index (χ0) is 15.7. The van der Waals surface area contributed by atoms with Crippen molar-refractivity contribution in [3.8, 4) is 0 Å². The van der Waals surface area contributed by atoms with Crippen molar-refractivity contribution < 1.29 is 9.53 Å². The van der Waals surface area contributed by atoms with Crippen molar-refractivity contribution in [2.75, 3.05) is 20.3 Å². The average molecular weight is 309 g/mol. The minimum atomic E-state index is -0.333. The number of carbonyl (C=O) groups excluding carboxylic acids is 1. The molecule has 116 valence electrons. The number of amides is 1. The quantitative estimate of drug-likeness (QED) is 0.708. The largest absolute Gasteiger partial charge is 0.383 e. The standard InChI is InChI=1S/C15H23N3O2S/c1-12(11-20-2)17-15(21)18(9-8-14(16)19)10-13-6-4-3-5-7-13/h3-7,12H,8-11H2,1-2H3,(H2,16,19)(H,17,21). The lowest BCUT2D eigenvalue weighted by Gasteiger charge is -2.27. The number of hydrogen-bond donors (Lipinski definition) is 2. The zero-order valence-electron chi connectivity index (χ0n) is 12.5. The van der Waals surface area contributed by atoms with E-state index >= 15 is 0 Å². The molecule has 1 amide bonds. The van der Waals surface area contributed by atoms with E-state index in [9.17, 15) is 4.79 Å². The summed E-state index contributed by atoms with van der Waals surface area (Å²) in [5.41, 5.74) is 6.36. The number of carbonyl (C=O) groups is 1. The summed E-state index contributed by atoms with van der Waals surface area (Å²) in [5.74, 6) is -0.333. The van der Waals surface area contributed by atoms with Crippen molar-refractivity contribution in [2.24, 2.45) is 5.73 Å². The first-order chi connectivity index (χ1) is 10.0. The predicted molar refractivity (Wildman–Crippen MR) is 87.7 cm³/mol. The molecule has 21 heavy (non-hydrogen) atoms. The summed E-state index contributed by atoms with van der Waals surface area (Å²) >= 11 is 5.42. The van der Waals surface area contributed by atoms with Gasteiger partial charge in [-0.15, -0.1) is 0 Å². The number of thiocarbonyl (C=S) groups is 1. The van der Waals surface area contributed by atoms with Crippen LogP contribution in [0.4, 0.5) is 0 Å². The number of nitrogens with one attached hydrogen (secondary N) is 1. The van der Waals surface area contributed by atoms with E-state index in [1.54, 1.807) is 7.11 Å². The van der Waals surface area contributed by atoms with Gasteiger partial charge in [0.25, 0.3) is 0 Å². The Kier molecular flexibility index (Phi) is 7.71. The van der Waals surface area contributed by atoms with Crippen LogP contribution in [0.2, 0.25) is 0 Å². The SMILES string of the molecule is COCC(C)NC(=S)N(CCC(N)=O)Cc1ccccc1. The van der Waals surface area contributed by atoms with Crippen molar-refractivity contribution >= 4 is 23.2 Å². The van der Waals surface area contributed by atoms with Gasteiger partial charge < -0.3 is 20.7 Å². The highest BCUT2D eigenvalue weighted by Gasteiger charge is 2.13. The maximum Gasteiger partial charge on any atom is 0.219 e. The van der Waals surface area contributed by atoms with Crippen LogP contribution >= 0.6 is 12.2 Å². The molecule has 1 unspecified atom stereocenters. The van der Waals surface area contributed by atoms with Crippen molar-refractivity contribution in [1.29, 1.82) is 0 Å². The zero-order valence-corrected chi connectivity index (χ0v) is 13.4. The number of benzene rings is 1. The minimum Gasteiger partial charge on any atom is -0.383 e. The Morgan fingerprint density at radius 1 is 1.43 bits per heavy atom. The first-order valence-corrected chi connectivity index (χ1v) is 7.30. The molecular formula is C15H23N3O2S. The Labute approximate surface area is 131 Å². The normalized spacial score (nSPS) is 11.7. The molecule has 1 rings (SSSR count). The lowest BCUT2D eigenvalue weighted by molar-refractivity contribution is -0.118. The molecule has 0 saturated heterocycles. The third-order valence-electron chi connectivity index (χ3n) is 2.92. The van der Waals surface area contributed by atoms with Crippen LogP contribution in [0.25, 0.3) is 0 Å². The van der Waals surface area contributed by atoms with Crippen LogP contribution in [0.1, 0.15) is 18.9 Å². The van der Waals surface area contributed by atoms with E-state index in [-0.39, 0.29) is 18.4 Å². The average Bonchev–Trinajstić information content (AvgIpc) is 2.44. The monoisotopic (exact) mass is 309 g/mol. The van der Waals surface area contributed by atoms with Crippen molar-refractivity contribution in [1.82, 2.24) is 10.2 Å². The van der Waals surface area contributed by atoms with Crippen LogP contribution < -0.4 is 11.1 Å². The highest BCUT2D eigenvalue weighted by molar-refractivity contribution is 7.80. The topological polar surface area (TPSA) is 67.6 Å². The summed E-state index contributed by atoms with van der Waals surface area (Å²) in [5, 5.41) is 3.81. The van der Waals surface area contributed by atoms with Crippen molar-refractivity contribution in [3.63, 3.8) is 0 Å². The summed E-state index contributed by atoms with van der Waals surface area (Å²) in [6, 6.07) is 10.1. The van der Waals surface area contributed by atoms with E-state index in [1.807, 2.05) is 42.2 Å². The fourth-order valence-electron chi connectivity index (χ4n) is 1.90. The summed E-state index contributed by atoms with van der Waals surface area (Å²) in [7, 11) is 1.65. The molecule has 0 bridgehead atoms. The Hall–Kier alpha value is -1.66. The van der Waals surface area contributed by atoms with Gasteiger partial charge in [-0.1, -0.05) is 30.3 Å². The van der Waals surface area contributed by atoms with Gasteiger partial charge in [0, 0.05) is 32.7 Å². The molecule has 0 aromatic heterocycles. The molecule has 5 nitrogen and oxygen atoms in total. The van der Waals surface area contributed by atoms with Crippen molar-refractivity contribution in [2.45, 2.75) is 25.9 Å². The molecule has 0 spiro atoms. The fourth-order valence-corrected chi connectivity index (χ4v) is 2.25. The van der Waals surface area contributed by atoms with E-state index in [2.05, 4.69) is 5.32 Å². The molecule has 0 aliphatic rings. The van der Waals surface area contributed by atoms with E-state index < -0.39 is 0 Å². The number of hydrogen-bond acceptors (Lipinski definition) is 3. The molecule has 0 aliphatic carbocycles. The number of methoxy groups -OCH3 is 1. The van der Waals surface area contributed by atoms with Crippen LogP contribution in [-0.2, 0) is 16.1 Å². The van der Waals surface area contributed by atoms with Gasteiger partial charge in [-0.25, -0.2) is 0 Å². The van der Waals surface area contributed by atoms with E-state index in [0.29, 0.717) is 24.8 Å². The second-order valence-corrected chi connectivity index (χ2v) is 5.32. The first-order valence-electron chi connectivity index (χ1n) is 6.89. The summed E-state index contributed by atoms with van der Waals surface area (Å²) in [6.45, 7) is 3.69. The second kappa shape index (κ2) is 9.31. The van der Waals surface area contributed by atoms with Gasteiger partial charge in [0.15, 0.2) is 5.11 Å². The van der Waals surface area contributed by atoms with Crippen LogP contribution in [0.15, 0.2) is 30.3 Å². The lowest BCUT2D eigenvalue weighted by atomic mass is 10.2. The number of rotatable bonds is 8. The summed E-state index contributed by atoms with van der Waals surface area (Å²) in [4.78, 5) is 13.0. The predicted octanol–water partition coefficient (Wildman–Crippen LogP) is 1.27. The molecule has 1 aromatic carbocycles. The van der Waals surface area contributed by atoms with Crippen LogP contribution in [0.3, 0.4) is 0 Å². The Bertz CT molecular complexity index is 453. The maximum absolute atomic E-state index is 11.0. The Morgan fingerprint density at radius 3 is 2.67 bits per heavy atom. The molecule has 0 saturated carbocycles. The van der Waals surface area contributed by atoms with Gasteiger partial charge in [0.2, 0.25) is 5.91 Å². The Morgan fingerprint density at radius 2 is 2.10 bits per heavy atom. The van der Waals surface area contributed by atoms with Gasteiger partial charge in [0.05, 0.1) is 6.61 Å². The minimum absolute atomic E-state index is 0.106. The second-order valence-electron chi connectivity index (χ2n) is 4.93. The van der Waals surface area contributed by atoms with Gasteiger partial charge >= 0.3 is 0 Å². The lowest BCUT2D eigenvalue weighted by Crippen LogP contribution is -2.45. The van der Waals surface area contributed by atoms with Gasteiger partial charge in [-0.05, 0) is 24.7 Å². The molecule has 0 radical (unpaired) electrons. The maximum atomic E-state index is 11.0. The summed E-state index contributed by atoms with van der Waals surface area (Å²) < 4.78 is 5.09. The molecule has 6 heteroatoms. The van der Waals surface area contributed by atoms with Gasteiger partial charge in [0.1, 0.15) is 0 Å². The third kappa shape index (κ3) is 7.06. The number of nitrogens with two attached hydrogens (primary N) is 1. The smallest absolute Gasteiger partial charge is 0.219 e. The Balaban J connectivity index is 2.66. The van der Waals surface area contributed by atoms with Gasteiger partial charge in [-0.3, -0.25) is 4.79 Å². The van der Waals surface area contributed by atoms with Crippen LogP contribution in [0, 0.1) is 0 Å². The van der Waals surface area contributed by atoms with E-state index in [0.717, 1.165) is 5.56 Å².